The van der Waals surface area contributed by atoms with Crippen LogP contribution in [0.3, 0.4) is 0 Å². The molecule has 9 N–H and O–H groups in total. The number of aliphatic imine (C=N–C) groups is 2. The van der Waals surface area contributed by atoms with Gasteiger partial charge in [0, 0.05) is 122 Å². The number of thiophene rings is 2. The monoisotopic (exact) mass is 1710 g/mol. The number of methoxy groups -OCH3 is 3. The Morgan fingerprint density at radius 2 is 0.930 bits per heavy atom. The van der Waals surface area contributed by atoms with Crippen LogP contribution in [0.4, 0.5) is 45.5 Å². The summed E-state index contributed by atoms with van der Waals surface area (Å²) in [6, 6.07) is 39.2. The van der Waals surface area contributed by atoms with E-state index in [-0.39, 0.29) is 118 Å². The Morgan fingerprint density at radius 3 is 1.34 bits per heavy atom. The van der Waals surface area contributed by atoms with Gasteiger partial charge in [-0.1, -0.05) is 43.8 Å². The molecule has 32 heteroatoms. The number of esters is 1. The molecular formula is C83H89N12O17S2Sn. The molecule has 14 rings (SSSR count). The van der Waals surface area contributed by atoms with Crippen molar-refractivity contribution in [2.45, 2.75) is 85.7 Å². The number of carbonyl (C=O) groups excluding carboxylic acids is 9. The van der Waals surface area contributed by atoms with Gasteiger partial charge >= 0.3 is 46.5 Å². The van der Waals surface area contributed by atoms with Crippen LogP contribution in [0, 0.1) is 0 Å². The number of nitrogens with zero attached hydrogens (tertiary/aromatic N) is 6. The average Bonchev–Trinajstić information content (AvgIpc) is 1.61. The van der Waals surface area contributed by atoms with Gasteiger partial charge in [-0.2, -0.15) is 0 Å². The van der Waals surface area contributed by atoms with E-state index >= 15 is 0 Å². The Balaban J connectivity index is 0.000000229. The first kappa shape index (κ1) is 85.2. The van der Waals surface area contributed by atoms with Gasteiger partial charge in [0.2, 0.25) is 11.8 Å². The number of amides is 8. The number of aromatic nitrogens is 2. The van der Waals surface area contributed by atoms with Gasteiger partial charge in [0.05, 0.1) is 103 Å². The molecule has 599 valence electrons. The molecule has 4 aliphatic rings. The number of benzene rings is 6. The number of carbonyl (C=O) groups is 10. The van der Waals surface area contributed by atoms with E-state index in [4.69, 9.17) is 24.1 Å². The van der Waals surface area contributed by atoms with Crippen molar-refractivity contribution >= 4 is 180 Å². The van der Waals surface area contributed by atoms with Crippen molar-refractivity contribution < 1.29 is 82.2 Å². The van der Waals surface area contributed by atoms with E-state index in [2.05, 4.69) is 61.4 Å². The first-order chi connectivity index (χ1) is 54.4. The van der Waals surface area contributed by atoms with Crippen LogP contribution in [0.15, 0.2) is 156 Å². The quantitative estimate of drug-likeness (QED) is 0.0150. The second-order valence-corrected chi connectivity index (χ2v) is 38.0. The normalized spacial score (nSPS) is 13.7. The summed E-state index contributed by atoms with van der Waals surface area (Å²) >= 11 is 2.03. The van der Waals surface area contributed by atoms with Gasteiger partial charge < -0.3 is 75.3 Å². The van der Waals surface area contributed by atoms with Crippen LogP contribution in [-0.2, 0) is 50.9 Å². The van der Waals surface area contributed by atoms with Crippen molar-refractivity contribution in [1.82, 2.24) is 19.8 Å². The fraction of sp³-hybridized carbons (Fsp3) is 0.277. The third-order valence-corrected chi connectivity index (χ3v) is 20.6. The van der Waals surface area contributed by atoms with Gasteiger partial charge in [-0.3, -0.25) is 67.7 Å². The average molecular weight is 1710 g/mol. The van der Waals surface area contributed by atoms with Gasteiger partial charge in [-0.15, -0.1) is 22.7 Å². The van der Waals surface area contributed by atoms with Gasteiger partial charge in [-0.05, 0) is 120 Å². The minimum absolute atomic E-state index is 0. The molecule has 0 spiro atoms. The van der Waals surface area contributed by atoms with E-state index in [0.717, 1.165) is 42.7 Å². The number of hydrogen-bond acceptors (Lipinski definition) is 19. The molecule has 10 aromatic rings. The van der Waals surface area contributed by atoms with Crippen LogP contribution in [-0.4, -0.2) is 171 Å². The minimum atomic E-state index is -0.995. The number of ether oxygens (including phenoxy) is 5. The Kier molecular flexibility index (Phi) is 28.6. The molecule has 2 atom stereocenters. The van der Waals surface area contributed by atoms with Crippen molar-refractivity contribution in [3.05, 3.63) is 189 Å². The zero-order valence-corrected chi connectivity index (χ0v) is 68.2. The number of aryl methyl sites for hydroxylation is 2. The summed E-state index contributed by atoms with van der Waals surface area (Å²) in [5.74, 6) is -2.03. The maximum atomic E-state index is 13.7. The zero-order chi connectivity index (χ0) is 80.1. The van der Waals surface area contributed by atoms with Crippen molar-refractivity contribution in [3.8, 4) is 23.0 Å². The number of aliphatic carboxylic acids is 1. The van der Waals surface area contributed by atoms with Crippen LogP contribution >= 0.6 is 22.7 Å². The molecule has 1 radical (unpaired) electrons. The fourth-order valence-electron chi connectivity index (χ4n) is 13.1. The first-order valence-corrected chi connectivity index (χ1v) is 46.5. The molecule has 8 amide bonds. The molecule has 4 aromatic heterocycles. The summed E-state index contributed by atoms with van der Waals surface area (Å²) in [4.78, 5) is 147. The van der Waals surface area contributed by atoms with Gasteiger partial charge in [-0.25, -0.2) is 0 Å². The summed E-state index contributed by atoms with van der Waals surface area (Å²) in [5.41, 5.74) is 8.40. The van der Waals surface area contributed by atoms with Gasteiger partial charge in [0.1, 0.15) is 11.4 Å². The van der Waals surface area contributed by atoms with Crippen molar-refractivity contribution in [2.24, 2.45) is 24.1 Å². The van der Waals surface area contributed by atoms with E-state index in [0.29, 0.717) is 115 Å². The molecule has 0 saturated heterocycles. The van der Waals surface area contributed by atoms with E-state index in [1.165, 1.54) is 44.0 Å². The molecule has 8 heterocycles. The number of fused-ring (bicyclic) bond motifs is 10. The number of anilines is 6. The first-order valence-electron chi connectivity index (χ1n) is 36.3. The number of hydrogen-bond donors (Lipinski definition) is 7. The molecular weight excluding hydrogens is 1620 g/mol. The zero-order valence-electron chi connectivity index (χ0n) is 63.7. The summed E-state index contributed by atoms with van der Waals surface area (Å²) in [6.07, 6.45) is 9.27. The SMILES string of the molecule is C.COC(=O)CCNC(=O)c1cc2cc(NC(=O)c3cc(NC(=O)CCCOc4cc5c(cc4OC)C(=O)N4c6ccccc6C[C@H]4C=N5)cn3C)ccc2s1.COc1cc2c(cc1OCCCC(=O)Nc1cc(C(=O)Nc3ccc4sc(C(=O)NCCC(=O)O)cc4c3)n(C)c1)N=C[C@@H]1Cc3ccccc3N1C2=O.O.[CH3][Sn]([CH3])[CH3]. The Morgan fingerprint density at radius 1 is 0.513 bits per heavy atom. The Hall–Kier alpha value is -12.2. The molecule has 29 nitrogen and oxygen atoms in total. The number of para-hydroxylation sites is 2. The van der Waals surface area contributed by atoms with Crippen LogP contribution < -0.4 is 60.6 Å². The van der Waals surface area contributed by atoms with E-state index in [1.54, 1.807) is 137 Å². The molecule has 4 aliphatic heterocycles. The van der Waals surface area contributed by atoms with Gasteiger partial charge in [0.25, 0.3) is 35.4 Å². The van der Waals surface area contributed by atoms with Crippen LogP contribution in [0.1, 0.15) is 118 Å². The van der Waals surface area contributed by atoms with Gasteiger partial charge in [0.15, 0.2) is 23.0 Å². The summed E-state index contributed by atoms with van der Waals surface area (Å²) in [7, 11) is 7.71. The summed E-state index contributed by atoms with van der Waals surface area (Å²) in [6.45, 7) is 0.605. The molecule has 0 unspecified atom stereocenters. The van der Waals surface area contributed by atoms with Crippen LogP contribution in [0.2, 0.25) is 14.8 Å². The van der Waals surface area contributed by atoms with E-state index < -0.39 is 37.6 Å². The fourth-order valence-corrected chi connectivity index (χ4v) is 15.0. The molecule has 0 aliphatic carbocycles. The molecule has 0 fully saturated rings. The third-order valence-electron chi connectivity index (χ3n) is 18.4. The summed E-state index contributed by atoms with van der Waals surface area (Å²) in [5, 5.41) is 27.0. The number of rotatable bonds is 26. The van der Waals surface area contributed by atoms with E-state index in [9.17, 15) is 47.9 Å². The van der Waals surface area contributed by atoms with Crippen molar-refractivity contribution in [3.63, 3.8) is 0 Å². The van der Waals surface area contributed by atoms with Crippen LogP contribution in [0.5, 0.6) is 23.0 Å². The van der Waals surface area contributed by atoms with Crippen molar-refractivity contribution in [1.29, 1.82) is 0 Å². The van der Waals surface area contributed by atoms with E-state index in [1.807, 2.05) is 54.6 Å². The second kappa shape index (κ2) is 38.6. The third kappa shape index (κ3) is 20.6. The summed E-state index contributed by atoms with van der Waals surface area (Å²) < 4.78 is 32.7. The Bertz CT molecular complexity index is 5430. The Labute approximate surface area is 678 Å². The molecule has 0 bridgehead atoms. The maximum absolute atomic E-state index is 13.7. The predicted octanol–water partition coefficient (Wildman–Crippen LogP) is 12.9. The number of carboxylic acid groups (broad SMARTS) is 1. The van der Waals surface area contributed by atoms with Crippen molar-refractivity contribution in [2.75, 3.05) is 78.7 Å². The number of nitrogens with one attached hydrogen (secondary N) is 6. The molecule has 115 heavy (non-hydrogen) atoms. The number of carboxylic acids is 1. The molecule has 0 saturated carbocycles. The standard InChI is InChI=1S/C40H38N6O8S.C39H36N6O8S.CH4.3CH3.H2O.Sn/c1-45-22-26(18-31(45)38(49)44-25-10-11-34-24(15-25)17-35(55-34)39(50)41-13-12-37(48)53-3)43-36(47)9-6-14-54-33-20-29-28(19-32(33)52-2)40(51)46-27(21-42-29)16-23-7-4-5-8-30(23)46;1-44-21-25(17-30(44)37(49)43-24-9-10-33-23(14-24)16-34(54-33)38(50)40-12-11-36(47)48)42-35(46)8-5-13-53-32-19-28-27(18-31(32)52-2)39(51)45-26(20-41-28)15-22-6-3-4-7-29(22)45;;;;;;/h4-5,7-8,10-11,15,17-22,27H,6,9,12-14,16H2,1-3H3,(H,41,50)(H,43,47)(H,44,49);3-4,6-7,9-10,14,16-21,26H,5,8,11-13,15H2,1-2H3,(H,40,50)(H,42,46)(H,43,49)(H,47,48);1H4;3*1H3;1H2;/t27-;26-;;;;;;/m00....../s1. The predicted molar refractivity (Wildman–Crippen MR) is 448 cm³/mol. The topological polar surface area (TPSA) is 382 Å². The van der Waals surface area contributed by atoms with Crippen LogP contribution in [0.25, 0.3) is 20.2 Å². The molecule has 6 aromatic carbocycles. The second-order valence-electron chi connectivity index (χ2n) is 27.3.